The Morgan fingerprint density at radius 3 is 2.79 bits per heavy atom. The first-order valence-corrected chi connectivity index (χ1v) is 7.77. The second kappa shape index (κ2) is 9.16. The van der Waals surface area contributed by atoms with E-state index in [0.29, 0.717) is 0 Å². The predicted molar refractivity (Wildman–Crippen MR) is 86.7 cm³/mol. The van der Waals surface area contributed by atoms with E-state index in [1.807, 2.05) is 12.1 Å². The summed E-state index contributed by atoms with van der Waals surface area (Å²) in [5.74, 6) is 0.958. The van der Waals surface area contributed by atoms with Crippen LogP contribution < -0.4 is 10.1 Å². The summed E-state index contributed by atoms with van der Waals surface area (Å²) in [5.41, 5.74) is 2.45. The zero-order valence-corrected chi connectivity index (χ0v) is 13.7. The molecule has 19 heavy (non-hydrogen) atoms. The Morgan fingerprint density at radius 1 is 1.32 bits per heavy atom. The van der Waals surface area contributed by atoms with Crippen LogP contribution in [0.15, 0.2) is 28.2 Å². The van der Waals surface area contributed by atoms with Crippen molar-refractivity contribution in [3.05, 3.63) is 33.8 Å². The highest BCUT2D eigenvalue weighted by molar-refractivity contribution is 9.10. The van der Waals surface area contributed by atoms with Crippen LogP contribution in [0.4, 0.5) is 0 Å². The van der Waals surface area contributed by atoms with Gasteiger partial charge in [-0.15, -0.1) is 0 Å². The summed E-state index contributed by atoms with van der Waals surface area (Å²) in [6, 6.07) is 6.15. The van der Waals surface area contributed by atoms with Gasteiger partial charge in [-0.05, 0) is 44.5 Å². The number of halogens is 1. The van der Waals surface area contributed by atoms with E-state index in [0.717, 1.165) is 48.3 Å². The van der Waals surface area contributed by atoms with Crippen LogP contribution in [0.1, 0.15) is 39.2 Å². The normalized spacial score (nSPS) is 11.7. The zero-order valence-electron chi connectivity index (χ0n) is 12.1. The number of nitrogens with one attached hydrogen (secondary N) is 1. The summed E-state index contributed by atoms with van der Waals surface area (Å²) >= 11 is 3.52. The van der Waals surface area contributed by atoms with Gasteiger partial charge in [0.25, 0.3) is 0 Å². The van der Waals surface area contributed by atoms with Crippen LogP contribution in [0.3, 0.4) is 0 Å². The molecule has 0 atom stereocenters. The molecule has 106 valence electrons. The van der Waals surface area contributed by atoms with Gasteiger partial charge >= 0.3 is 0 Å². The lowest BCUT2D eigenvalue weighted by atomic mass is 10.1. The third-order valence-corrected chi connectivity index (χ3v) is 3.16. The minimum Gasteiger partial charge on any atom is -0.493 e. The number of benzene rings is 1. The first-order valence-electron chi connectivity index (χ1n) is 6.97. The van der Waals surface area contributed by atoms with Gasteiger partial charge in [-0.25, -0.2) is 0 Å². The summed E-state index contributed by atoms with van der Waals surface area (Å²) in [6.07, 6.45) is 4.38. The number of ether oxygens (including phenoxy) is 1. The average molecular weight is 326 g/mol. The van der Waals surface area contributed by atoms with Crippen LogP contribution in [0, 0.1) is 0 Å². The lowest BCUT2D eigenvalue weighted by Crippen LogP contribution is -2.16. The van der Waals surface area contributed by atoms with E-state index >= 15 is 0 Å². The highest BCUT2D eigenvalue weighted by atomic mass is 79.9. The Labute approximate surface area is 125 Å². The first kappa shape index (κ1) is 16.3. The second-order valence-electron chi connectivity index (χ2n) is 4.70. The van der Waals surface area contributed by atoms with Crippen molar-refractivity contribution >= 4 is 22.0 Å². The SMILES string of the molecule is CCCNCC(C)=Cc1cc(Br)ccc1OCCC. The van der Waals surface area contributed by atoms with Crippen molar-refractivity contribution in [2.24, 2.45) is 0 Å². The molecule has 1 rings (SSSR count). The molecule has 0 unspecified atom stereocenters. The molecule has 0 fully saturated rings. The lowest BCUT2D eigenvalue weighted by Gasteiger charge is -2.10. The summed E-state index contributed by atoms with van der Waals surface area (Å²) < 4.78 is 6.86. The van der Waals surface area contributed by atoms with Crippen molar-refractivity contribution in [1.82, 2.24) is 5.32 Å². The summed E-state index contributed by atoms with van der Waals surface area (Å²) in [6.45, 7) is 9.19. The Balaban J connectivity index is 2.78. The molecule has 0 saturated carbocycles. The molecule has 2 nitrogen and oxygen atoms in total. The molecular formula is C16H24BrNO. The molecule has 0 bridgehead atoms. The average Bonchev–Trinajstić information content (AvgIpc) is 2.38. The molecule has 0 aliphatic rings. The van der Waals surface area contributed by atoms with Gasteiger partial charge in [0.2, 0.25) is 0 Å². The number of hydrogen-bond donors (Lipinski definition) is 1. The molecule has 3 heteroatoms. The maximum atomic E-state index is 5.78. The van der Waals surface area contributed by atoms with Gasteiger partial charge in [0, 0.05) is 16.6 Å². The largest absolute Gasteiger partial charge is 0.493 e. The lowest BCUT2D eigenvalue weighted by molar-refractivity contribution is 0.316. The Bertz CT molecular complexity index is 415. The predicted octanol–water partition coefficient (Wildman–Crippen LogP) is 4.64. The van der Waals surface area contributed by atoms with E-state index in [2.05, 4.69) is 54.2 Å². The monoisotopic (exact) mass is 325 g/mol. The van der Waals surface area contributed by atoms with E-state index < -0.39 is 0 Å². The van der Waals surface area contributed by atoms with Crippen molar-refractivity contribution in [3.63, 3.8) is 0 Å². The van der Waals surface area contributed by atoms with Gasteiger partial charge in [-0.2, -0.15) is 0 Å². The topological polar surface area (TPSA) is 21.3 Å². The highest BCUT2D eigenvalue weighted by Crippen LogP contribution is 2.25. The Kier molecular flexibility index (Phi) is 7.84. The van der Waals surface area contributed by atoms with E-state index in [4.69, 9.17) is 4.74 Å². The maximum Gasteiger partial charge on any atom is 0.126 e. The van der Waals surface area contributed by atoms with Crippen LogP contribution in [-0.4, -0.2) is 19.7 Å². The first-order chi connectivity index (χ1) is 9.17. The van der Waals surface area contributed by atoms with Crippen LogP contribution >= 0.6 is 15.9 Å². The fourth-order valence-electron chi connectivity index (χ4n) is 1.75. The van der Waals surface area contributed by atoms with Gasteiger partial charge < -0.3 is 10.1 Å². The van der Waals surface area contributed by atoms with Crippen LogP contribution in [0.5, 0.6) is 5.75 Å². The van der Waals surface area contributed by atoms with Crippen LogP contribution in [-0.2, 0) is 0 Å². The quantitative estimate of drug-likeness (QED) is 0.703. The van der Waals surface area contributed by atoms with Gasteiger partial charge in [0.05, 0.1) is 6.61 Å². The molecule has 1 aromatic carbocycles. The molecule has 0 amide bonds. The number of hydrogen-bond acceptors (Lipinski definition) is 2. The van der Waals surface area contributed by atoms with E-state index in [1.165, 1.54) is 5.57 Å². The molecule has 1 N–H and O–H groups in total. The fraction of sp³-hybridized carbons (Fsp3) is 0.500. The van der Waals surface area contributed by atoms with E-state index in [9.17, 15) is 0 Å². The van der Waals surface area contributed by atoms with Gasteiger partial charge in [-0.3, -0.25) is 0 Å². The summed E-state index contributed by atoms with van der Waals surface area (Å²) in [7, 11) is 0. The van der Waals surface area contributed by atoms with Gasteiger partial charge in [-0.1, -0.05) is 41.4 Å². The minimum atomic E-state index is 0.760. The van der Waals surface area contributed by atoms with Gasteiger partial charge in [0.15, 0.2) is 0 Å². The van der Waals surface area contributed by atoms with Crippen molar-refractivity contribution < 1.29 is 4.74 Å². The third-order valence-electron chi connectivity index (χ3n) is 2.67. The summed E-state index contributed by atoms with van der Waals surface area (Å²) in [5, 5.41) is 3.41. The third kappa shape index (κ3) is 6.26. The van der Waals surface area contributed by atoms with Crippen molar-refractivity contribution in [1.29, 1.82) is 0 Å². The van der Waals surface area contributed by atoms with Crippen molar-refractivity contribution in [3.8, 4) is 5.75 Å². The molecule has 0 spiro atoms. The van der Waals surface area contributed by atoms with E-state index in [1.54, 1.807) is 0 Å². The molecular weight excluding hydrogens is 302 g/mol. The maximum absolute atomic E-state index is 5.78. The molecule has 1 aromatic rings. The van der Waals surface area contributed by atoms with Crippen LogP contribution in [0.2, 0.25) is 0 Å². The minimum absolute atomic E-state index is 0.760. The fourth-order valence-corrected chi connectivity index (χ4v) is 2.13. The molecule has 0 radical (unpaired) electrons. The number of rotatable bonds is 8. The second-order valence-corrected chi connectivity index (χ2v) is 5.61. The molecule has 0 aliphatic heterocycles. The zero-order chi connectivity index (χ0) is 14.1. The van der Waals surface area contributed by atoms with Crippen LogP contribution in [0.25, 0.3) is 6.08 Å². The smallest absolute Gasteiger partial charge is 0.126 e. The Morgan fingerprint density at radius 2 is 2.11 bits per heavy atom. The molecule has 0 aromatic heterocycles. The van der Waals surface area contributed by atoms with Gasteiger partial charge in [0.1, 0.15) is 5.75 Å². The molecule has 0 heterocycles. The van der Waals surface area contributed by atoms with Crippen molar-refractivity contribution in [2.75, 3.05) is 19.7 Å². The molecule has 0 saturated heterocycles. The standard InChI is InChI=1S/C16H24BrNO/c1-4-8-18-12-13(3)10-14-11-15(17)6-7-16(14)19-9-5-2/h6-7,10-11,18H,4-5,8-9,12H2,1-3H3. The van der Waals surface area contributed by atoms with E-state index in [-0.39, 0.29) is 0 Å². The summed E-state index contributed by atoms with van der Waals surface area (Å²) in [4.78, 5) is 0. The van der Waals surface area contributed by atoms with Crippen molar-refractivity contribution in [2.45, 2.75) is 33.6 Å². The Hall–Kier alpha value is -0.800. The molecule has 0 aliphatic carbocycles. The highest BCUT2D eigenvalue weighted by Gasteiger charge is 2.03.